The zero-order valence-electron chi connectivity index (χ0n) is 13.4. The Morgan fingerprint density at radius 3 is 2.78 bits per heavy atom. The van der Waals surface area contributed by atoms with E-state index in [1.807, 2.05) is 13.8 Å². The highest BCUT2D eigenvalue weighted by Gasteiger charge is 2.37. The lowest BCUT2D eigenvalue weighted by molar-refractivity contribution is -0.127. The van der Waals surface area contributed by atoms with E-state index in [0.717, 1.165) is 0 Å². The fraction of sp³-hybridized carbons (Fsp3) is 0.533. The number of nitrogens with one attached hydrogen (secondary N) is 1. The molecule has 0 radical (unpaired) electrons. The van der Waals surface area contributed by atoms with Crippen molar-refractivity contribution < 1.29 is 19.1 Å². The smallest absolute Gasteiger partial charge is 0.340 e. The van der Waals surface area contributed by atoms with Crippen LogP contribution in [0.4, 0.5) is 5.00 Å². The van der Waals surface area contributed by atoms with Crippen LogP contribution in [0.15, 0.2) is 11.4 Å². The quantitative estimate of drug-likeness (QED) is 0.771. The number of ether oxygens (including phenoxy) is 1. The number of nitrogens with zero attached hydrogens (tertiary/aromatic N) is 1. The summed E-state index contributed by atoms with van der Waals surface area (Å²) in [6, 6.07) is 0.365. The number of rotatable bonds is 5. The Morgan fingerprint density at radius 1 is 1.48 bits per heavy atom. The number of esters is 1. The maximum Gasteiger partial charge on any atom is 0.340 e. The predicted octanol–water partition coefficient (Wildman–Crippen LogP) is 0.740. The lowest BCUT2D eigenvalue weighted by Crippen LogP contribution is -2.50. The van der Waals surface area contributed by atoms with E-state index >= 15 is 0 Å². The van der Waals surface area contributed by atoms with Gasteiger partial charge in [-0.2, -0.15) is 0 Å². The van der Waals surface area contributed by atoms with E-state index in [9.17, 15) is 14.4 Å². The summed E-state index contributed by atoms with van der Waals surface area (Å²) in [6.45, 7) is 4.13. The zero-order valence-corrected chi connectivity index (χ0v) is 14.2. The van der Waals surface area contributed by atoms with Crippen LogP contribution < -0.4 is 16.0 Å². The van der Waals surface area contributed by atoms with Crippen LogP contribution in [0.2, 0.25) is 0 Å². The average molecular weight is 339 g/mol. The summed E-state index contributed by atoms with van der Waals surface area (Å²) in [7, 11) is 1.30. The Kier molecular flexibility index (Phi) is 5.38. The second kappa shape index (κ2) is 7.10. The molecule has 0 aromatic carbocycles. The Labute approximate surface area is 138 Å². The second-order valence-corrected chi connectivity index (χ2v) is 6.64. The monoisotopic (exact) mass is 339 g/mol. The molecule has 0 spiro atoms. The number of thiophene rings is 1. The molecule has 2 rings (SSSR count). The Balaban J connectivity index is 2.09. The van der Waals surface area contributed by atoms with E-state index < -0.39 is 18.1 Å². The molecule has 3 N–H and O–H groups in total. The van der Waals surface area contributed by atoms with E-state index in [1.165, 1.54) is 23.3 Å². The predicted molar refractivity (Wildman–Crippen MR) is 87.4 cm³/mol. The molecule has 1 unspecified atom stereocenters. The summed E-state index contributed by atoms with van der Waals surface area (Å²) in [4.78, 5) is 37.8. The lowest BCUT2D eigenvalue weighted by Gasteiger charge is -2.19. The van der Waals surface area contributed by atoms with E-state index in [0.29, 0.717) is 23.5 Å². The van der Waals surface area contributed by atoms with Gasteiger partial charge >= 0.3 is 5.97 Å². The van der Waals surface area contributed by atoms with Crippen LogP contribution in [-0.2, 0) is 14.3 Å². The molecule has 2 amide bonds. The highest BCUT2D eigenvalue weighted by Crippen LogP contribution is 2.31. The minimum atomic E-state index is -0.649. The first kappa shape index (κ1) is 17.4. The number of anilines is 1. The van der Waals surface area contributed by atoms with Gasteiger partial charge < -0.3 is 20.7 Å². The van der Waals surface area contributed by atoms with Crippen molar-refractivity contribution in [3.63, 3.8) is 0 Å². The first-order chi connectivity index (χ1) is 10.9. The molecular weight excluding hydrogens is 318 g/mol. The topological polar surface area (TPSA) is 102 Å². The van der Waals surface area contributed by atoms with Gasteiger partial charge in [0.25, 0.3) is 0 Å². The largest absolute Gasteiger partial charge is 0.465 e. The van der Waals surface area contributed by atoms with Gasteiger partial charge in [-0.1, -0.05) is 13.8 Å². The molecule has 1 aliphatic heterocycles. The number of nitrogens with two attached hydrogens (primary N) is 1. The first-order valence-electron chi connectivity index (χ1n) is 7.40. The molecule has 1 saturated heterocycles. The number of carbonyl (C=O) groups is 3. The van der Waals surface area contributed by atoms with Gasteiger partial charge in [0.05, 0.1) is 18.7 Å². The van der Waals surface area contributed by atoms with Crippen molar-refractivity contribution >= 4 is 34.1 Å². The summed E-state index contributed by atoms with van der Waals surface area (Å²) >= 11 is 1.29. The fourth-order valence-electron chi connectivity index (χ4n) is 2.36. The zero-order chi connectivity index (χ0) is 17.1. The number of amides is 2. The number of methoxy groups -OCH3 is 1. The molecule has 1 aromatic heterocycles. The second-order valence-electron chi connectivity index (χ2n) is 5.74. The van der Waals surface area contributed by atoms with Crippen molar-refractivity contribution in [1.82, 2.24) is 5.32 Å². The van der Waals surface area contributed by atoms with E-state index in [1.54, 1.807) is 11.4 Å². The normalized spacial score (nSPS) is 19.1. The van der Waals surface area contributed by atoms with E-state index in [2.05, 4.69) is 5.32 Å². The molecule has 1 aromatic rings. The lowest BCUT2D eigenvalue weighted by atomic mass is 10.0. The van der Waals surface area contributed by atoms with Crippen molar-refractivity contribution in [2.75, 3.05) is 18.6 Å². The van der Waals surface area contributed by atoms with Crippen LogP contribution in [0.3, 0.4) is 0 Å². The van der Waals surface area contributed by atoms with Gasteiger partial charge in [-0.3, -0.25) is 9.59 Å². The number of carbonyl (C=O) groups excluding carboxylic acids is 3. The molecule has 7 nitrogen and oxygen atoms in total. The van der Waals surface area contributed by atoms with E-state index in [4.69, 9.17) is 10.5 Å². The molecule has 23 heavy (non-hydrogen) atoms. The molecule has 0 bridgehead atoms. The fourth-order valence-corrected chi connectivity index (χ4v) is 3.28. The molecule has 126 valence electrons. The van der Waals surface area contributed by atoms with Crippen LogP contribution in [0.1, 0.15) is 30.6 Å². The average Bonchev–Trinajstić information content (AvgIpc) is 3.13. The van der Waals surface area contributed by atoms with Crippen molar-refractivity contribution in [3.8, 4) is 0 Å². The van der Waals surface area contributed by atoms with Crippen LogP contribution >= 0.6 is 11.3 Å². The molecule has 1 fully saturated rings. The van der Waals surface area contributed by atoms with Crippen molar-refractivity contribution in [2.45, 2.75) is 32.4 Å². The third-order valence-corrected chi connectivity index (χ3v) is 4.77. The van der Waals surface area contributed by atoms with Crippen molar-refractivity contribution in [2.24, 2.45) is 11.7 Å². The van der Waals surface area contributed by atoms with Gasteiger partial charge in [0.15, 0.2) is 0 Å². The third-order valence-electron chi connectivity index (χ3n) is 3.84. The minimum absolute atomic E-state index is 0.00849. The van der Waals surface area contributed by atoms with Gasteiger partial charge in [-0.25, -0.2) is 4.79 Å². The molecule has 8 heteroatoms. The Hall–Kier alpha value is -1.93. The summed E-state index contributed by atoms with van der Waals surface area (Å²) in [6.07, 6.45) is 0.480. The number of hydrogen-bond acceptors (Lipinski definition) is 6. The highest BCUT2D eigenvalue weighted by atomic mass is 32.1. The van der Waals surface area contributed by atoms with Crippen molar-refractivity contribution in [1.29, 1.82) is 0 Å². The SMILES string of the molecule is COC(=O)c1ccsc1N1CCC(NC(=O)[C@@H](N)C(C)C)C1=O. The molecule has 1 aliphatic rings. The maximum atomic E-state index is 12.5. The molecular formula is C15H21N3O4S. The van der Waals surface area contributed by atoms with E-state index in [-0.39, 0.29) is 17.7 Å². The summed E-state index contributed by atoms with van der Waals surface area (Å²) in [5, 5.41) is 4.98. The molecule has 0 saturated carbocycles. The highest BCUT2D eigenvalue weighted by molar-refractivity contribution is 7.14. The van der Waals surface area contributed by atoms with Gasteiger partial charge in [-0.15, -0.1) is 11.3 Å². The third kappa shape index (κ3) is 3.53. The van der Waals surface area contributed by atoms with Crippen LogP contribution in [0, 0.1) is 5.92 Å². The first-order valence-corrected chi connectivity index (χ1v) is 8.28. The Bertz CT molecular complexity index is 614. The van der Waals surface area contributed by atoms with Crippen LogP contribution in [0.5, 0.6) is 0 Å². The van der Waals surface area contributed by atoms with Gasteiger partial charge in [0.2, 0.25) is 11.8 Å². The molecule has 2 atom stereocenters. The maximum absolute atomic E-state index is 12.5. The standard InChI is InChI=1S/C15H21N3O4S/c1-8(2)11(16)12(19)17-10-4-6-18(13(10)20)14-9(5-7-23-14)15(21)22-3/h5,7-8,10-11H,4,6,16H2,1-3H3,(H,17,19)/t10?,11-/m0/s1. The van der Waals surface area contributed by atoms with Gasteiger partial charge in [-0.05, 0) is 23.8 Å². The Morgan fingerprint density at radius 2 is 2.17 bits per heavy atom. The van der Waals surface area contributed by atoms with Gasteiger partial charge in [0, 0.05) is 6.54 Å². The summed E-state index contributed by atoms with van der Waals surface area (Å²) in [5.74, 6) is -1.06. The summed E-state index contributed by atoms with van der Waals surface area (Å²) < 4.78 is 4.72. The molecule has 2 heterocycles. The molecule has 0 aliphatic carbocycles. The van der Waals surface area contributed by atoms with Crippen LogP contribution in [0.25, 0.3) is 0 Å². The van der Waals surface area contributed by atoms with Gasteiger partial charge in [0.1, 0.15) is 11.0 Å². The van der Waals surface area contributed by atoms with Crippen LogP contribution in [-0.4, -0.2) is 43.5 Å². The van der Waals surface area contributed by atoms with Crippen molar-refractivity contribution in [3.05, 3.63) is 17.0 Å². The summed E-state index contributed by atoms with van der Waals surface area (Å²) in [5.41, 5.74) is 6.16. The number of hydrogen-bond donors (Lipinski definition) is 2. The minimum Gasteiger partial charge on any atom is -0.465 e.